The minimum atomic E-state index is -1.70. The summed E-state index contributed by atoms with van der Waals surface area (Å²) in [6.07, 6.45) is -13.1. The van der Waals surface area contributed by atoms with Gasteiger partial charge in [-0.3, -0.25) is 0 Å². The van der Waals surface area contributed by atoms with E-state index < -0.39 is 115 Å². The predicted molar refractivity (Wildman–Crippen MR) is 233 cm³/mol. The minimum absolute atomic E-state index is 0.0311. The van der Waals surface area contributed by atoms with E-state index in [1.807, 2.05) is 19.9 Å². The topological polar surface area (TPSA) is 282 Å². The van der Waals surface area contributed by atoms with E-state index >= 15 is 0 Å². The molecule has 3 heterocycles. The molecule has 23 unspecified atom stereocenters. The lowest BCUT2D eigenvalue weighted by atomic mass is 9.42. The molecule has 378 valence electrons. The Balaban J connectivity index is 0.994. The zero-order chi connectivity index (χ0) is 48.4. The number of benzene rings is 1. The molecule has 19 heteroatoms. The van der Waals surface area contributed by atoms with Crippen LogP contribution in [0.4, 0.5) is 0 Å². The van der Waals surface area contributed by atoms with Crippen LogP contribution in [-0.2, 0) is 28.4 Å². The van der Waals surface area contributed by atoms with E-state index in [-0.39, 0.29) is 60.9 Å². The first-order chi connectivity index (χ1) is 31.9. The van der Waals surface area contributed by atoms with Gasteiger partial charge in [0.05, 0.1) is 71.1 Å². The predicted octanol–water partition coefficient (Wildman–Crippen LogP) is 0.439. The van der Waals surface area contributed by atoms with Crippen LogP contribution in [0, 0.1) is 46.3 Å². The Morgan fingerprint density at radius 3 is 2.10 bits per heavy atom. The van der Waals surface area contributed by atoms with E-state index in [1.165, 1.54) is 33.5 Å². The molecule has 7 fully saturated rings. The Labute approximate surface area is 390 Å². The smallest absolute Gasteiger partial charge is 0.338 e. The van der Waals surface area contributed by atoms with Crippen LogP contribution in [0.3, 0.4) is 0 Å². The Morgan fingerprint density at radius 1 is 0.806 bits per heavy atom. The van der Waals surface area contributed by atoms with Crippen molar-refractivity contribution in [2.24, 2.45) is 46.3 Å². The van der Waals surface area contributed by atoms with Crippen molar-refractivity contribution in [1.82, 2.24) is 0 Å². The second-order valence-electron chi connectivity index (χ2n) is 20.7. The van der Waals surface area contributed by atoms with E-state index in [0.717, 1.165) is 5.57 Å². The number of allylic oxidation sites excluding steroid dienone is 1. The quantitative estimate of drug-likeness (QED) is 0.102. The van der Waals surface area contributed by atoms with Gasteiger partial charge in [0, 0.05) is 11.8 Å². The molecule has 4 saturated carbocycles. The van der Waals surface area contributed by atoms with Gasteiger partial charge in [0.15, 0.2) is 24.1 Å². The molecular weight excluding hydrogens is 881 g/mol. The molecule has 3 aliphatic heterocycles. The van der Waals surface area contributed by atoms with Crippen LogP contribution >= 0.6 is 0 Å². The Hall–Kier alpha value is -2.73. The van der Waals surface area contributed by atoms with Crippen molar-refractivity contribution in [3.8, 4) is 17.2 Å². The molecule has 0 bridgehead atoms. The monoisotopic (exact) mass is 952 g/mol. The molecule has 19 nitrogen and oxygen atoms in total. The van der Waals surface area contributed by atoms with Crippen LogP contribution < -0.4 is 14.2 Å². The van der Waals surface area contributed by atoms with Crippen LogP contribution in [0.2, 0.25) is 0 Å². The highest BCUT2D eigenvalue weighted by molar-refractivity contribution is 5.91. The van der Waals surface area contributed by atoms with Gasteiger partial charge in [-0.25, -0.2) is 4.79 Å². The molecule has 0 aromatic heterocycles. The molecule has 1 aromatic rings. The highest BCUT2D eigenvalue weighted by atomic mass is 16.7. The first kappa shape index (κ1) is 50.7. The summed E-state index contributed by atoms with van der Waals surface area (Å²) in [5.41, 5.74) is -0.385. The fraction of sp³-hybridized carbons (Fsp3) is 0.812. The third kappa shape index (κ3) is 8.70. The molecule has 0 spiro atoms. The summed E-state index contributed by atoms with van der Waals surface area (Å²) in [5, 5.41) is 99.9. The standard InChI is InChI=1S/C48H72O19/c1-20(2)10-32-41(66-46-40(57)38(55)43(33(17-49)65-46)67-45-39(56)37(54)28(52)18-62-45)21(3)35-29(64-32)15-26-25-9-8-23-13-24(14-34(53)48(23,19-50)36(25)27(51)16-47(26,35)4)63-44(58)22-11-30(59-5)42(61-7)31(12-22)60-6/h10-12,21,23-29,32-41,43,45-46,49-57H,8-9,13-19H2,1-7H3. The molecule has 3 saturated heterocycles. The second-order valence-corrected chi connectivity index (χ2v) is 20.7. The number of aliphatic hydroxyl groups is 9. The van der Waals surface area contributed by atoms with Crippen LogP contribution in [0.25, 0.3) is 0 Å². The highest BCUT2D eigenvalue weighted by Crippen LogP contribution is 2.70. The summed E-state index contributed by atoms with van der Waals surface area (Å²) in [6.45, 7) is 6.74. The number of fused-ring (bicyclic) bond motifs is 7. The number of aliphatic hydroxyl groups excluding tert-OH is 9. The van der Waals surface area contributed by atoms with Crippen LogP contribution in [0.5, 0.6) is 17.2 Å². The van der Waals surface area contributed by atoms with Crippen molar-refractivity contribution in [3.63, 3.8) is 0 Å². The van der Waals surface area contributed by atoms with Crippen LogP contribution in [-0.4, -0.2) is 185 Å². The highest BCUT2D eigenvalue weighted by Gasteiger charge is 2.70. The first-order valence-electron chi connectivity index (χ1n) is 23.7. The average Bonchev–Trinajstić information content (AvgIpc) is 3.60. The Morgan fingerprint density at radius 2 is 1.48 bits per heavy atom. The maximum atomic E-state index is 13.6. The maximum absolute atomic E-state index is 13.6. The lowest BCUT2D eigenvalue weighted by Gasteiger charge is -2.64. The van der Waals surface area contributed by atoms with Gasteiger partial charge in [0.25, 0.3) is 0 Å². The van der Waals surface area contributed by atoms with Crippen molar-refractivity contribution in [2.75, 3.05) is 41.2 Å². The molecule has 7 aliphatic rings. The van der Waals surface area contributed by atoms with Crippen LogP contribution in [0.15, 0.2) is 23.8 Å². The van der Waals surface area contributed by atoms with E-state index in [2.05, 4.69) is 13.8 Å². The van der Waals surface area contributed by atoms with Gasteiger partial charge in [0.1, 0.15) is 54.9 Å². The van der Waals surface area contributed by atoms with E-state index in [1.54, 1.807) is 0 Å². The summed E-state index contributed by atoms with van der Waals surface area (Å²) in [5.74, 6) is -0.845. The van der Waals surface area contributed by atoms with Gasteiger partial charge in [0.2, 0.25) is 5.75 Å². The van der Waals surface area contributed by atoms with Crippen molar-refractivity contribution in [3.05, 3.63) is 29.3 Å². The lowest BCUT2D eigenvalue weighted by molar-refractivity contribution is -0.361. The largest absolute Gasteiger partial charge is 0.493 e. The van der Waals surface area contributed by atoms with Crippen molar-refractivity contribution in [1.29, 1.82) is 0 Å². The molecule has 67 heavy (non-hydrogen) atoms. The lowest BCUT2D eigenvalue weighted by Crippen LogP contribution is -2.66. The number of rotatable bonds is 12. The normalized spacial score (nSPS) is 47.1. The molecule has 8 rings (SSSR count). The summed E-state index contributed by atoms with van der Waals surface area (Å²) in [6, 6.07) is 3.03. The summed E-state index contributed by atoms with van der Waals surface area (Å²) < 4.78 is 53.1. The molecule has 4 aliphatic carbocycles. The minimum Gasteiger partial charge on any atom is -0.493 e. The van der Waals surface area contributed by atoms with Crippen molar-refractivity contribution >= 4 is 5.97 Å². The molecule has 1 aromatic carbocycles. The number of carbonyl (C=O) groups is 1. The van der Waals surface area contributed by atoms with Gasteiger partial charge in [-0.05, 0) is 99.0 Å². The van der Waals surface area contributed by atoms with Gasteiger partial charge in [-0.1, -0.05) is 25.5 Å². The zero-order valence-electron chi connectivity index (χ0n) is 39.3. The van der Waals surface area contributed by atoms with E-state index in [9.17, 15) is 50.8 Å². The molecule has 23 atom stereocenters. The SMILES string of the molecule is COc1cc(C(=O)OC2CC(O)C3(CO)C(CCC4C5CC6OC(C=C(C)C)C(OC7OC(CO)C(OC8OCC(O)C(O)C8O)C(O)C7O)C(C)C6C5(C)CC(O)C43)C2)cc(OC)c1OC. The number of carbonyl (C=O) groups excluding carboxylic acids is 1. The van der Waals surface area contributed by atoms with Gasteiger partial charge < -0.3 is 88.6 Å². The number of hydrogen-bond donors (Lipinski definition) is 9. The zero-order valence-corrected chi connectivity index (χ0v) is 39.3. The van der Waals surface area contributed by atoms with Crippen molar-refractivity contribution in [2.45, 2.75) is 158 Å². The summed E-state index contributed by atoms with van der Waals surface area (Å²) in [7, 11) is 4.38. The second kappa shape index (κ2) is 19.8. The first-order valence-corrected chi connectivity index (χ1v) is 23.7. The third-order valence-electron chi connectivity index (χ3n) is 17.0. The van der Waals surface area contributed by atoms with Gasteiger partial charge >= 0.3 is 5.97 Å². The number of methoxy groups -OCH3 is 3. The third-order valence-corrected chi connectivity index (χ3v) is 17.0. The Bertz CT molecular complexity index is 1900. The molecular formula is C48H72O19. The van der Waals surface area contributed by atoms with E-state index in [0.29, 0.717) is 49.4 Å². The average molecular weight is 953 g/mol. The summed E-state index contributed by atoms with van der Waals surface area (Å²) >= 11 is 0. The fourth-order valence-electron chi connectivity index (χ4n) is 14.1. The summed E-state index contributed by atoms with van der Waals surface area (Å²) in [4.78, 5) is 13.6. The van der Waals surface area contributed by atoms with E-state index in [4.69, 9.17) is 42.6 Å². The van der Waals surface area contributed by atoms with Gasteiger partial charge in [-0.15, -0.1) is 0 Å². The number of hydrogen-bond acceptors (Lipinski definition) is 19. The molecule has 9 N–H and O–H groups in total. The Kier molecular flexibility index (Phi) is 15.0. The fourth-order valence-corrected chi connectivity index (χ4v) is 14.1. The van der Waals surface area contributed by atoms with Crippen molar-refractivity contribution < 1.29 is 93.4 Å². The van der Waals surface area contributed by atoms with Crippen LogP contribution in [0.1, 0.15) is 76.6 Å². The maximum Gasteiger partial charge on any atom is 0.338 e. The number of esters is 1. The molecule has 0 radical (unpaired) electrons. The number of ether oxygens (including phenoxy) is 9. The molecule has 0 amide bonds. The van der Waals surface area contributed by atoms with Gasteiger partial charge in [-0.2, -0.15) is 0 Å².